The van der Waals surface area contributed by atoms with Gasteiger partial charge in [0.2, 0.25) is 0 Å². The molecule has 0 saturated carbocycles. The maximum atomic E-state index is 6.01. The molecule has 2 N–H and O–H groups in total. The highest BCUT2D eigenvalue weighted by Gasteiger charge is 2.25. The minimum absolute atomic E-state index is 0.609. The van der Waals surface area contributed by atoms with Crippen LogP contribution in [0.2, 0.25) is 0 Å². The van der Waals surface area contributed by atoms with Gasteiger partial charge in [-0.1, -0.05) is 13.8 Å². The van der Waals surface area contributed by atoms with Crippen molar-refractivity contribution in [2.45, 2.75) is 46.1 Å². The molecule has 2 heterocycles. The summed E-state index contributed by atoms with van der Waals surface area (Å²) in [7, 11) is 2.11. The Labute approximate surface area is 122 Å². The van der Waals surface area contributed by atoms with Crippen molar-refractivity contribution in [1.29, 1.82) is 0 Å². The smallest absolute Gasteiger partial charge is 0.137 e. The number of nitrogen functional groups attached to an aromatic ring is 1. The van der Waals surface area contributed by atoms with Gasteiger partial charge in [0.15, 0.2) is 0 Å². The average molecular weight is 277 g/mol. The van der Waals surface area contributed by atoms with E-state index in [1.807, 2.05) is 6.92 Å². The summed E-state index contributed by atoms with van der Waals surface area (Å²) in [5.74, 6) is 2.42. The highest BCUT2D eigenvalue weighted by molar-refractivity contribution is 5.56. The molecule has 0 radical (unpaired) electrons. The van der Waals surface area contributed by atoms with E-state index in [4.69, 9.17) is 5.73 Å². The van der Waals surface area contributed by atoms with Gasteiger partial charge < -0.3 is 10.6 Å². The van der Waals surface area contributed by atoms with Crippen molar-refractivity contribution in [2.75, 3.05) is 37.3 Å². The number of hydrogen-bond acceptors (Lipinski definition) is 5. The maximum absolute atomic E-state index is 6.01. The lowest BCUT2D eigenvalue weighted by molar-refractivity contribution is 0.270. The van der Waals surface area contributed by atoms with Crippen LogP contribution in [0.5, 0.6) is 0 Å². The van der Waals surface area contributed by atoms with Crippen LogP contribution in [0.15, 0.2) is 0 Å². The molecule has 2 rings (SSSR count). The zero-order chi connectivity index (χ0) is 14.7. The summed E-state index contributed by atoms with van der Waals surface area (Å²) in [4.78, 5) is 13.8. The van der Waals surface area contributed by atoms with Gasteiger partial charge in [-0.25, -0.2) is 9.97 Å². The van der Waals surface area contributed by atoms with Gasteiger partial charge in [0.1, 0.15) is 17.5 Å². The first-order chi connectivity index (χ1) is 9.56. The molecule has 0 aliphatic carbocycles. The Balaban J connectivity index is 2.16. The molecule has 0 bridgehead atoms. The van der Waals surface area contributed by atoms with Crippen LogP contribution in [0.4, 0.5) is 11.6 Å². The zero-order valence-electron chi connectivity index (χ0n) is 13.2. The lowest BCUT2D eigenvalue weighted by Crippen LogP contribution is -2.39. The van der Waals surface area contributed by atoms with Gasteiger partial charge in [-0.3, -0.25) is 4.90 Å². The Bertz CT molecular complexity index is 460. The van der Waals surface area contributed by atoms with Crippen LogP contribution in [0.3, 0.4) is 0 Å². The number of aryl methyl sites for hydroxylation is 1. The van der Waals surface area contributed by atoms with Crippen molar-refractivity contribution in [2.24, 2.45) is 0 Å². The fourth-order valence-corrected chi connectivity index (χ4v) is 3.02. The minimum Gasteiger partial charge on any atom is -0.383 e. The predicted molar refractivity (Wildman–Crippen MR) is 84.1 cm³/mol. The Morgan fingerprint density at radius 1 is 1.35 bits per heavy atom. The SMILES string of the molecule is CCc1nc(N)c(C)c(N(C)CC2CCCN2CC)n1. The molecule has 20 heavy (non-hydrogen) atoms. The van der Waals surface area contributed by atoms with E-state index >= 15 is 0 Å². The molecule has 1 aliphatic heterocycles. The molecule has 1 aromatic rings. The number of hydrogen-bond donors (Lipinski definition) is 1. The highest BCUT2D eigenvalue weighted by Crippen LogP contribution is 2.24. The molecule has 1 aliphatic rings. The average Bonchev–Trinajstić information content (AvgIpc) is 2.88. The van der Waals surface area contributed by atoms with Crippen molar-refractivity contribution >= 4 is 11.6 Å². The van der Waals surface area contributed by atoms with Gasteiger partial charge >= 0.3 is 0 Å². The maximum Gasteiger partial charge on any atom is 0.137 e. The summed E-state index contributed by atoms with van der Waals surface area (Å²) >= 11 is 0. The highest BCUT2D eigenvalue weighted by atomic mass is 15.2. The van der Waals surface area contributed by atoms with Gasteiger partial charge in [-0.05, 0) is 32.9 Å². The predicted octanol–water partition coefficient (Wildman–Crippen LogP) is 1.85. The first kappa shape index (κ1) is 15.0. The number of rotatable bonds is 5. The quantitative estimate of drug-likeness (QED) is 0.890. The van der Waals surface area contributed by atoms with E-state index in [0.29, 0.717) is 11.9 Å². The van der Waals surface area contributed by atoms with Gasteiger partial charge in [0, 0.05) is 31.6 Å². The van der Waals surface area contributed by atoms with Crippen molar-refractivity contribution in [3.8, 4) is 0 Å². The number of nitrogens with zero attached hydrogens (tertiary/aromatic N) is 4. The summed E-state index contributed by atoms with van der Waals surface area (Å²) in [5.41, 5.74) is 7.00. The molecule has 0 aromatic carbocycles. The zero-order valence-corrected chi connectivity index (χ0v) is 13.2. The second kappa shape index (κ2) is 6.39. The van der Waals surface area contributed by atoms with E-state index in [1.54, 1.807) is 0 Å². The van der Waals surface area contributed by atoms with Gasteiger partial charge in [0.05, 0.1) is 0 Å². The van der Waals surface area contributed by atoms with E-state index < -0.39 is 0 Å². The largest absolute Gasteiger partial charge is 0.383 e. The van der Waals surface area contributed by atoms with Crippen LogP contribution in [0.1, 0.15) is 38.1 Å². The number of aromatic nitrogens is 2. The topological polar surface area (TPSA) is 58.3 Å². The molecule has 1 atom stereocenters. The molecule has 1 aromatic heterocycles. The molecule has 1 saturated heterocycles. The molecular formula is C15H27N5. The Morgan fingerprint density at radius 3 is 2.75 bits per heavy atom. The number of nitrogens with two attached hydrogens (primary N) is 1. The molecule has 0 amide bonds. The number of likely N-dealkylation sites (tertiary alicyclic amines) is 1. The third-order valence-corrected chi connectivity index (χ3v) is 4.27. The molecule has 5 heteroatoms. The summed E-state index contributed by atoms with van der Waals surface area (Å²) in [5, 5.41) is 0. The number of likely N-dealkylation sites (N-methyl/N-ethyl adjacent to an activating group) is 2. The summed E-state index contributed by atoms with van der Waals surface area (Å²) < 4.78 is 0. The molecule has 1 unspecified atom stereocenters. The molecule has 0 spiro atoms. The van der Waals surface area contributed by atoms with Crippen LogP contribution in [-0.4, -0.2) is 47.6 Å². The van der Waals surface area contributed by atoms with Crippen molar-refractivity contribution in [1.82, 2.24) is 14.9 Å². The third kappa shape index (κ3) is 3.03. The first-order valence-electron chi connectivity index (χ1n) is 7.65. The Hall–Kier alpha value is -1.36. The van der Waals surface area contributed by atoms with E-state index in [2.05, 4.69) is 40.7 Å². The summed E-state index contributed by atoms with van der Waals surface area (Å²) in [6.07, 6.45) is 3.39. The third-order valence-electron chi connectivity index (χ3n) is 4.27. The van der Waals surface area contributed by atoms with Gasteiger partial charge in [-0.15, -0.1) is 0 Å². The lowest BCUT2D eigenvalue weighted by Gasteiger charge is -2.29. The van der Waals surface area contributed by atoms with Crippen LogP contribution < -0.4 is 10.6 Å². The second-order valence-corrected chi connectivity index (χ2v) is 5.63. The van der Waals surface area contributed by atoms with Crippen LogP contribution in [0.25, 0.3) is 0 Å². The van der Waals surface area contributed by atoms with E-state index in [1.165, 1.54) is 19.4 Å². The van der Waals surface area contributed by atoms with Crippen LogP contribution in [0, 0.1) is 6.92 Å². The first-order valence-corrected chi connectivity index (χ1v) is 7.65. The van der Waals surface area contributed by atoms with Crippen LogP contribution in [-0.2, 0) is 6.42 Å². The lowest BCUT2D eigenvalue weighted by atomic mass is 10.2. The van der Waals surface area contributed by atoms with E-state index in [-0.39, 0.29) is 0 Å². The standard InChI is InChI=1S/C15H27N5/c1-5-13-17-14(16)11(3)15(18-13)19(4)10-12-8-7-9-20(12)6-2/h12H,5-10H2,1-4H3,(H2,16,17,18). The van der Waals surface area contributed by atoms with Crippen molar-refractivity contribution < 1.29 is 0 Å². The summed E-state index contributed by atoms with van der Waals surface area (Å²) in [6.45, 7) is 9.66. The normalized spacial score (nSPS) is 19.5. The minimum atomic E-state index is 0.609. The van der Waals surface area contributed by atoms with Crippen molar-refractivity contribution in [3.63, 3.8) is 0 Å². The van der Waals surface area contributed by atoms with Crippen LogP contribution >= 0.6 is 0 Å². The monoisotopic (exact) mass is 277 g/mol. The molecular weight excluding hydrogens is 250 g/mol. The molecule has 112 valence electrons. The Morgan fingerprint density at radius 2 is 2.10 bits per heavy atom. The fraction of sp³-hybridized carbons (Fsp3) is 0.733. The second-order valence-electron chi connectivity index (χ2n) is 5.63. The molecule has 5 nitrogen and oxygen atoms in total. The fourth-order valence-electron chi connectivity index (χ4n) is 3.02. The van der Waals surface area contributed by atoms with E-state index in [9.17, 15) is 0 Å². The number of anilines is 2. The van der Waals surface area contributed by atoms with Gasteiger partial charge in [-0.2, -0.15) is 0 Å². The molecule has 1 fully saturated rings. The summed E-state index contributed by atoms with van der Waals surface area (Å²) in [6, 6.07) is 0.630. The Kier molecular flexibility index (Phi) is 4.81. The van der Waals surface area contributed by atoms with Gasteiger partial charge in [0.25, 0.3) is 0 Å². The van der Waals surface area contributed by atoms with E-state index in [0.717, 1.165) is 36.7 Å². The van der Waals surface area contributed by atoms with Crippen molar-refractivity contribution in [3.05, 3.63) is 11.4 Å².